The van der Waals surface area contributed by atoms with E-state index in [9.17, 15) is 18.0 Å². The topological polar surface area (TPSA) is 118 Å². The second kappa shape index (κ2) is 8.95. The molecule has 1 heterocycles. The van der Waals surface area contributed by atoms with Crippen LogP contribution < -0.4 is 15.6 Å². The number of rotatable bonds is 8. The summed E-state index contributed by atoms with van der Waals surface area (Å²) in [6.45, 7) is 1.87. The van der Waals surface area contributed by atoms with Crippen LogP contribution >= 0.6 is 0 Å². The zero-order valence-corrected chi connectivity index (χ0v) is 19.8. The van der Waals surface area contributed by atoms with Crippen LogP contribution in [-0.2, 0) is 23.4 Å². The first-order chi connectivity index (χ1) is 16.2. The van der Waals surface area contributed by atoms with Gasteiger partial charge in [0.15, 0.2) is 9.84 Å². The molecule has 4 rings (SSSR count). The Morgan fingerprint density at radius 1 is 1.21 bits per heavy atom. The van der Waals surface area contributed by atoms with Crippen molar-refractivity contribution in [2.45, 2.75) is 31.1 Å². The first-order valence-corrected chi connectivity index (χ1v) is 12.6. The van der Waals surface area contributed by atoms with Crippen molar-refractivity contribution in [2.75, 3.05) is 12.4 Å². The van der Waals surface area contributed by atoms with Crippen molar-refractivity contribution in [1.29, 1.82) is 5.26 Å². The zero-order valence-electron chi connectivity index (χ0n) is 19.0. The minimum Gasteiger partial charge on any atom is -0.490 e. The Balaban J connectivity index is 1.58. The average Bonchev–Trinajstić information content (AvgIpc) is 3.65. The molecule has 8 nitrogen and oxygen atoms in total. The van der Waals surface area contributed by atoms with Crippen LogP contribution in [0.15, 0.2) is 53.3 Å². The van der Waals surface area contributed by atoms with Gasteiger partial charge in [0, 0.05) is 24.7 Å². The third-order valence-corrected chi connectivity index (χ3v) is 8.93. The molecule has 2 aromatic carbocycles. The van der Waals surface area contributed by atoms with Gasteiger partial charge in [-0.15, -0.1) is 0 Å². The molecule has 176 valence electrons. The van der Waals surface area contributed by atoms with Crippen molar-refractivity contribution in [1.82, 2.24) is 9.88 Å². The second-order valence-electron chi connectivity index (χ2n) is 8.48. The smallest absolute Gasteiger partial charge is 0.263 e. The summed E-state index contributed by atoms with van der Waals surface area (Å²) in [5.41, 5.74) is 1.34. The Kier molecular flexibility index (Phi) is 6.19. The highest BCUT2D eigenvalue weighted by Crippen LogP contribution is 2.44. The summed E-state index contributed by atoms with van der Waals surface area (Å²) in [5.74, 6) is -0.0472. The maximum atomic E-state index is 13.0. The van der Waals surface area contributed by atoms with Gasteiger partial charge in [-0.25, -0.2) is 8.42 Å². The number of hydrogen-bond acceptors (Lipinski definition) is 6. The van der Waals surface area contributed by atoms with E-state index in [0.717, 1.165) is 5.56 Å². The van der Waals surface area contributed by atoms with E-state index in [1.165, 1.54) is 10.6 Å². The Labute approximate surface area is 197 Å². The van der Waals surface area contributed by atoms with Crippen LogP contribution in [0.25, 0.3) is 10.9 Å². The summed E-state index contributed by atoms with van der Waals surface area (Å²) in [7, 11) is -1.68. The fourth-order valence-corrected chi connectivity index (χ4v) is 5.54. The lowest BCUT2D eigenvalue weighted by atomic mass is 10.1. The van der Waals surface area contributed by atoms with Gasteiger partial charge in [0.1, 0.15) is 22.7 Å². The van der Waals surface area contributed by atoms with Gasteiger partial charge in [-0.2, -0.15) is 5.26 Å². The van der Waals surface area contributed by atoms with E-state index in [1.807, 2.05) is 6.07 Å². The predicted molar refractivity (Wildman–Crippen MR) is 128 cm³/mol. The molecule has 0 bridgehead atoms. The molecule has 0 atom stereocenters. The Hall–Kier alpha value is -3.64. The number of aromatic nitrogens is 1. The lowest BCUT2D eigenvalue weighted by Crippen LogP contribution is -2.33. The number of hydrogen-bond donors (Lipinski definition) is 1. The van der Waals surface area contributed by atoms with Gasteiger partial charge in [-0.1, -0.05) is 31.2 Å². The maximum absolute atomic E-state index is 13.0. The molecule has 1 amide bonds. The molecule has 1 N–H and O–H groups in total. The van der Waals surface area contributed by atoms with E-state index in [0.29, 0.717) is 35.1 Å². The lowest BCUT2D eigenvalue weighted by Gasteiger charge is -2.18. The number of nitrogens with one attached hydrogen (secondary N) is 1. The van der Waals surface area contributed by atoms with Gasteiger partial charge in [0.25, 0.3) is 11.5 Å². The largest absolute Gasteiger partial charge is 0.490 e. The van der Waals surface area contributed by atoms with E-state index in [2.05, 4.69) is 5.32 Å². The lowest BCUT2D eigenvalue weighted by molar-refractivity contribution is 0.0949. The molecule has 0 radical (unpaired) electrons. The molecule has 1 aliphatic rings. The summed E-state index contributed by atoms with van der Waals surface area (Å²) in [5, 5.41) is 12.3. The van der Waals surface area contributed by atoms with Gasteiger partial charge in [-0.05, 0) is 42.7 Å². The van der Waals surface area contributed by atoms with E-state index >= 15 is 0 Å². The summed E-state index contributed by atoms with van der Waals surface area (Å²) >= 11 is 0. The normalized spacial score (nSPS) is 14.4. The Morgan fingerprint density at radius 2 is 1.91 bits per heavy atom. The summed E-state index contributed by atoms with van der Waals surface area (Å²) in [6.07, 6.45) is 1.13. The minimum atomic E-state index is -3.24. The highest BCUT2D eigenvalue weighted by Gasteiger charge is 2.54. The van der Waals surface area contributed by atoms with Gasteiger partial charge in [0.2, 0.25) is 0 Å². The number of carbonyl (C=O) groups excluding carboxylic acids is 1. The number of sulfone groups is 1. The first kappa shape index (κ1) is 23.5. The van der Waals surface area contributed by atoms with Crippen molar-refractivity contribution >= 4 is 26.6 Å². The maximum Gasteiger partial charge on any atom is 0.263 e. The molecule has 0 unspecified atom stereocenters. The molecule has 1 aromatic heterocycles. The molecule has 0 aliphatic heterocycles. The molecule has 9 heteroatoms. The molecular formula is C25H25N3O5S. The highest BCUT2D eigenvalue weighted by molar-refractivity contribution is 7.93. The molecule has 1 saturated carbocycles. The third-order valence-electron chi connectivity index (χ3n) is 6.32. The van der Waals surface area contributed by atoms with Crippen LogP contribution in [0.2, 0.25) is 0 Å². The quantitative estimate of drug-likeness (QED) is 0.531. The zero-order chi connectivity index (χ0) is 24.5. The molecule has 3 aromatic rings. The van der Waals surface area contributed by atoms with Crippen molar-refractivity contribution in [3.8, 4) is 11.8 Å². The second-order valence-corrected chi connectivity index (χ2v) is 11.2. The van der Waals surface area contributed by atoms with Crippen molar-refractivity contribution in [2.24, 2.45) is 7.05 Å². The fraction of sp³-hybridized carbons (Fsp3) is 0.320. The fourth-order valence-electron chi connectivity index (χ4n) is 3.97. The minimum absolute atomic E-state index is 0.00646. The SMILES string of the molecule is CCS(=O)(=O)C1(COc2cccc3cc(C(=O)NCc4ccc(C#N)cc4)c(=O)n(C)c23)CC1. The molecular weight excluding hydrogens is 454 g/mol. The molecule has 34 heavy (non-hydrogen) atoms. The number of pyridine rings is 1. The van der Waals surface area contributed by atoms with Gasteiger partial charge >= 0.3 is 0 Å². The summed E-state index contributed by atoms with van der Waals surface area (Å²) in [6, 6.07) is 15.6. The van der Waals surface area contributed by atoms with E-state index < -0.39 is 26.1 Å². The number of nitriles is 1. The van der Waals surface area contributed by atoms with E-state index in [1.54, 1.807) is 56.4 Å². The number of nitrogens with zero attached hydrogens (tertiary/aromatic N) is 2. The predicted octanol–water partition coefficient (Wildman–Crippen LogP) is 2.69. The molecule has 0 saturated heterocycles. The van der Waals surface area contributed by atoms with Crippen LogP contribution in [-0.4, -0.2) is 36.0 Å². The first-order valence-electron chi connectivity index (χ1n) is 11.0. The van der Waals surface area contributed by atoms with Crippen LogP contribution in [0.5, 0.6) is 5.75 Å². The molecule has 1 fully saturated rings. The highest BCUT2D eigenvalue weighted by atomic mass is 32.2. The van der Waals surface area contributed by atoms with E-state index in [4.69, 9.17) is 10.00 Å². The van der Waals surface area contributed by atoms with Crippen molar-refractivity contribution in [3.63, 3.8) is 0 Å². The van der Waals surface area contributed by atoms with E-state index in [-0.39, 0.29) is 24.5 Å². The van der Waals surface area contributed by atoms with Gasteiger partial charge < -0.3 is 14.6 Å². The van der Waals surface area contributed by atoms with Crippen molar-refractivity contribution < 1.29 is 17.9 Å². The number of aryl methyl sites for hydroxylation is 1. The number of benzene rings is 2. The number of fused-ring (bicyclic) bond motifs is 1. The van der Waals surface area contributed by atoms with Crippen LogP contribution in [0.1, 0.15) is 41.3 Å². The summed E-state index contributed by atoms with van der Waals surface area (Å²) < 4.78 is 31.3. The van der Waals surface area contributed by atoms with Crippen LogP contribution in [0.4, 0.5) is 0 Å². The number of ether oxygens (including phenoxy) is 1. The number of amides is 1. The van der Waals surface area contributed by atoms with Gasteiger partial charge in [-0.3, -0.25) is 9.59 Å². The Bertz CT molecular complexity index is 1460. The number of carbonyl (C=O) groups is 1. The third kappa shape index (κ3) is 4.29. The monoisotopic (exact) mass is 479 g/mol. The summed E-state index contributed by atoms with van der Waals surface area (Å²) in [4.78, 5) is 25.8. The van der Waals surface area contributed by atoms with Crippen LogP contribution in [0, 0.1) is 11.3 Å². The van der Waals surface area contributed by atoms with Crippen molar-refractivity contribution in [3.05, 3.63) is 75.6 Å². The van der Waals surface area contributed by atoms with Gasteiger partial charge in [0.05, 0.1) is 17.1 Å². The Morgan fingerprint density at radius 3 is 2.53 bits per heavy atom. The molecule has 0 spiro atoms. The molecule has 1 aliphatic carbocycles. The number of para-hydroxylation sites is 1. The standard InChI is InChI=1S/C25H25N3O5S/c1-3-34(31,32)25(11-12-25)16-33-21-6-4-5-19-13-20(24(30)28(2)22(19)21)23(29)27-15-18-9-7-17(14-26)8-10-18/h4-10,13H,3,11-12,15-16H2,1-2H3,(H,27,29). The van der Waals surface area contributed by atoms with Crippen LogP contribution in [0.3, 0.4) is 0 Å². The average molecular weight is 480 g/mol.